The average Bonchev–Trinajstić information content (AvgIpc) is 2.93. The maximum Gasteiger partial charge on any atom is 0.298 e. The average molecular weight is 338 g/mol. The highest BCUT2D eigenvalue weighted by molar-refractivity contribution is 6.04. The molecule has 0 atom stereocenters. The van der Waals surface area contributed by atoms with Gasteiger partial charge in [-0.05, 0) is 42.8 Å². The fourth-order valence-corrected chi connectivity index (χ4v) is 2.73. The predicted molar refractivity (Wildman–Crippen MR) is 91.9 cm³/mol. The van der Waals surface area contributed by atoms with Gasteiger partial charge in [-0.25, -0.2) is 13.8 Å². The number of hydrogen-bond acceptors (Lipinski definition) is 3. The Hall–Kier alpha value is -3.35. The Morgan fingerprint density at radius 1 is 1.16 bits per heavy atom. The van der Waals surface area contributed by atoms with Gasteiger partial charge < -0.3 is 4.98 Å². The molecular formula is C18H12F2N4O. The Kier molecular flexibility index (Phi) is 3.42. The molecule has 4 aromatic rings. The van der Waals surface area contributed by atoms with Gasteiger partial charge in [0, 0.05) is 10.9 Å². The van der Waals surface area contributed by atoms with Crippen LogP contribution in [0.3, 0.4) is 0 Å². The molecule has 0 radical (unpaired) electrons. The number of aryl methyl sites for hydroxylation is 1. The van der Waals surface area contributed by atoms with Crippen molar-refractivity contribution in [1.29, 1.82) is 0 Å². The van der Waals surface area contributed by atoms with Crippen LogP contribution in [-0.4, -0.2) is 20.9 Å². The first-order chi connectivity index (χ1) is 12.0. The van der Waals surface area contributed by atoms with Crippen LogP contribution in [0.25, 0.3) is 21.9 Å². The summed E-state index contributed by atoms with van der Waals surface area (Å²) in [6.45, 7) is 1.63. The van der Waals surface area contributed by atoms with E-state index >= 15 is 0 Å². The van der Waals surface area contributed by atoms with E-state index in [0.717, 1.165) is 4.68 Å². The molecule has 2 aromatic carbocycles. The molecule has 0 amide bonds. The topological polar surface area (TPSA) is 63.0 Å². The monoisotopic (exact) mass is 338 g/mol. The molecule has 2 heterocycles. The van der Waals surface area contributed by atoms with Crippen LogP contribution in [0.1, 0.15) is 11.4 Å². The summed E-state index contributed by atoms with van der Waals surface area (Å²) in [6, 6.07) is 10.1. The Labute approximate surface area is 140 Å². The van der Waals surface area contributed by atoms with Gasteiger partial charge in [-0.15, -0.1) is 0 Å². The lowest BCUT2D eigenvalue weighted by Crippen LogP contribution is -2.20. The molecular weight excluding hydrogens is 326 g/mol. The van der Waals surface area contributed by atoms with E-state index in [1.165, 1.54) is 30.5 Å². The SMILES string of the molecule is Cc1nc2c([nH]c3ccc(F)cc32)c(=O)n1N=Cc1cccc(F)c1. The molecule has 5 nitrogen and oxygen atoms in total. The van der Waals surface area contributed by atoms with Gasteiger partial charge in [0.2, 0.25) is 0 Å². The third-order valence-corrected chi connectivity index (χ3v) is 3.89. The van der Waals surface area contributed by atoms with Crippen molar-refractivity contribution < 1.29 is 8.78 Å². The second-order valence-corrected chi connectivity index (χ2v) is 5.61. The van der Waals surface area contributed by atoms with E-state index in [2.05, 4.69) is 15.1 Å². The van der Waals surface area contributed by atoms with Crippen LogP contribution >= 0.6 is 0 Å². The van der Waals surface area contributed by atoms with Crippen molar-refractivity contribution in [2.45, 2.75) is 6.92 Å². The van der Waals surface area contributed by atoms with E-state index in [1.807, 2.05) is 0 Å². The third-order valence-electron chi connectivity index (χ3n) is 3.89. The molecule has 7 heteroatoms. The van der Waals surface area contributed by atoms with Gasteiger partial charge in [-0.3, -0.25) is 4.79 Å². The number of nitrogens with zero attached hydrogens (tertiary/aromatic N) is 3. The first kappa shape index (κ1) is 15.2. The summed E-state index contributed by atoms with van der Waals surface area (Å²) >= 11 is 0. The third kappa shape index (κ3) is 2.59. The number of fused-ring (bicyclic) bond motifs is 3. The van der Waals surface area contributed by atoms with Crippen molar-refractivity contribution in [2.24, 2.45) is 5.10 Å². The fraction of sp³-hybridized carbons (Fsp3) is 0.0556. The Balaban J connectivity index is 1.90. The van der Waals surface area contributed by atoms with Crippen LogP contribution < -0.4 is 5.56 Å². The predicted octanol–water partition coefficient (Wildman–Crippen LogP) is 3.35. The zero-order chi connectivity index (χ0) is 17.6. The van der Waals surface area contributed by atoms with Gasteiger partial charge in [-0.2, -0.15) is 9.78 Å². The summed E-state index contributed by atoms with van der Waals surface area (Å²) in [7, 11) is 0. The summed E-state index contributed by atoms with van der Waals surface area (Å²) in [5.74, 6) is -0.448. The van der Waals surface area contributed by atoms with E-state index in [1.54, 1.807) is 25.1 Å². The standard InChI is InChI=1S/C18H12F2N4O/c1-10-22-16-14-8-13(20)5-6-15(14)23-17(16)18(25)24(10)21-9-11-3-2-4-12(19)7-11/h2-9,23H,1H3. The number of nitrogens with one attached hydrogen (secondary N) is 1. The Morgan fingerprint density at radius 3 is 2.76 bits per heavy atom. The first-order valence-electron chi connectivity index (χ1n) is 7.53. The maximum atomic E-state index is 13.5. The molecule has 1 N–H and O–H groups in total. The van der Waals surface area contributed by atoms with Crippen LogP contribution in [0, 0.1) is 18.6 Å². The molecule has 0 unspecified atom stereocenters. The van der Waals surface area contributed by atoms with Crippen LogP contribution in [0.2, 0.25) is 0 Å². The number of rotatable bonds is 2. The van der Waals surface area contributed by atoms with Crippen molar-refractivity contribution in [2.75, 3.05) is 0 Å². The van der Waals surface area contributed by atoms with Gasteiger partial charge in [-0.1, -0.05) is 12.1 Å². The summed E-state index contributed by atoms with van der Waals surface area (Å²) in [4.78, 5) is 20.0. The molecule has 4 rings (SSSR count). The van der Waals surface area contributed by atoms with E-state index in [-0.39, 0.29) is 11.3 Å². The zero-order valence-electron chi connectivity index (χ0n) is 13.1. The number of aromatic nitrogens is 3. The number of H-pyrrole nitrogens is 1. The van der Waals surface area contributed by atoms with Crippen LogP contribution in [0.15, 0.2) is 52.4 Å². The minimum absolute atomic E-state index is 0.239. The minimum atomic E-state index is -0.410. The molecule has 0 aliphatic carbocycles. The molecule has 0 spiro atoms. The molecule has 0 saturated carbocycles. The van der Waals surface area contributed by atoms with E-state index < -0.39 is 11.4 Å². The normalized spacial score (nSPS) is 11.8. The first-order valence-corrected chi connectivity index (χ1v) is 7.53. The molecule has 2 aromatic heterocycles. The summed E-state index contributed by atoms with van der Waals surface area (Å²) in [5.41, 5.74) is 1.36. The lowest BCUT2D eigenvalue weighted by Gasteiger charge is -2.03. The van der Waals surface area contributed by atoms with Crippen molar-refractivity contribution in [3.05, 3.63) is 75.8 Å². The van der Waals surface area contributed by atoms with Crippen molar-refractivity contribution in [1.82, 2.24) is 14.6 Å². The van der Waals surface area contributed by atoms with E-state index in [4.69, 9.17) is 0 Å². The smallest absolute Gasteiger partial charge is 0.298 e. The molecule has 124 valence electrons. The number of hydrogen-bond donors (Lipinski definition) is 1. The van der Waals surface area contributed by atoms with Gasteiger partial charge >= 0.3 is 0 Å². The van der Waals surface area contributed by atoms with Crippen molar-refractivity contribution in [3.8, 4) is 0 Å². The van der Waals surface area contributed by atoms with E-state index in [0.29, 0.717) is 27.8 Å². The quantitative estimate of drug-likeness (QED) is 0.570. The van der Waals surface area contributed by atoms with Gasteiger partial charge in [0.05, 0.1) is 6.21 Å². The molecule has 0 aliphatic heterocycles. The molecule has 0 saturated heterocycles. The number of aromatic amines is 1. The molecule has 25 heavy (non-hydrogen) atoms. The summed E-state index contributed by atoms with van der Waals surface area (Å²) in [5, 5.41) is 4.65. The summed E-state index contributed by atoms with van der Waals surface area (Å²) < 4.78 is 27.8. The van der Waals surface area contributed by atoms with Crippen molar-refractivity contribution >= 4 is 28.2 Å². The van der Waals surface area contributed by atoms with Crippen molar-refractivity contribution in [3.63, 3.8) is 0 Å². The highest BCUT2D eigenvalue weighted by Gasteiger charge is 2.13. The number of benzene rings is 2. The van der Waals surface area contributed by atoms with Crippen LogP contribution in [-0.2, 0) is 0 Å². The Morgan fingerprint density at radius 2 is 1.96 bits per heavy atom. The molecule has 0 bridgehead atoms. The van der Waals surface area contributed by atoms with Gasteiger partial charge in [0.25, 0.3) is 5.56 Å². The maximum absolute atomic E-state index is 13.5. The zero-order valence-corrected chi connectivity index (χ0v) is 13.1. The largest absolute Gasteiger partial charge is 0.349 e. The number of halogens is 2. The second kappa shape index (κ2) is 5.62. The highest BCUT2D eigenvalue weighted by Crippen LogP contribution is 2.22. The molecule has 0 fully saturated rings. The van der Waals surface area contributed by atoms with Gasteiger partial charge in [0.1, 0.15) is 28.5 Å². The highest BCUT2D eigenvalue weighted by atomic mass is 19.1. The lowest BCUT2D eigenvalue weighted by atomic mass is 10.2. The Bertz CT molecular complexity index is 1210. The summed E-state index contributed by atoms with van der Waals surface area (Å²) in [6.07, 6.45) is 1.38. The minimum Gasteiger partial charge on any atom is -0.349 e. The van der Waals surface area contributed by atoms with Crippen LogP contribution in [0.5, 0.6) is 0 Å². The molecule has 0 aliphatic rings. The lowest BCUT2D eigenvalue weighted by molar-refractivity contribution is 0.627. The van der Waals surface area contributed by atoms with E-state index in [9.17, 15) is 13.6 Å². The fourth-order valence-electron chi connectivity index (χ4n) is 2.73. The van der Waals surface area contributed by atoms with Crippen LogP contribution in [0.4, 0.5) is 8.78 Å². The second-order valence-electron chi connectivity index (χ2n) is 5.61. The van der Waals surface area contributed by atoms with Gasteiger partial charge in [0.15, 0.2) is 0 Å².